The fourth-order valence-electron chi connectivity index (χ4n) is 2.28. The summed E-state index contributed by atoms with van der Waals surface area (Å²) in [6.07, 6.45) is 0.879. The van der Waals surface area contributed by atoms with Crippen molar-refractivity contribution in [1.29, 1.82) is 0 Å². The molecule has 1 aromatic carbocycles. The third-order valence-corrected chi connectivity index (χ3v) is 3.94. The number of rotatable bonds is 8. The van der Waals surface area contributed by atoms with Crippen LogP contribution in [-0.4, -0.2) is 23.5 Å². The first-order valence-corrected chi connectivity index (χ1v) is 8.45. The van der Waals surface area contributed by atoms with Crippen LogP contribution in [0, 0.1) is 0 Å². The highest BCUT2D eigenvalue weighted by molar-refractivity contribution is 6.32. The van der Waals surface area contributed by atoms with Crippen LogP contribution >= 0.6 is 11.6 Å². The van der Waals surface area contributed by atoms with Crippen molar-refractivity contribution >= 4 is 17.3 Å². The maximum Gasteiger partial charge on any atom is 0.287 e. The number of hydrogen-bond acceptors (Lipinski definition) is 5. The van der Waals surface area contributed by atoms with Gasteiger partial charge in [-0.1, -0.05) is 24.6 Å². The summed E-state index contributed by atoms with van der Waals surface area (Å²) in [7, 11) is 1.58. The first-order valence-electron chi connectivity index (χ1n) is 8.08. The van der Waals surface area contributed by atoms with E-state index in [9.17, 15) is 9.59 Å². The maximum atomic E-state index is 12.1. The zero-order chi connectivity index (χ0) is 18.4. The van der Waals surface area contributed by atoms with E-state index in [0.29, 0.717) is 31.2 Å². The number of aromatic amines is 1. The maximum absolute atomic E-state index is 12.1. The van der Waals surface area contributed by atoms with E-state index in [0.717, 1.165) is 12.0 Å². The molecule has 8 heteroatoms. The second kappa shape index (κ2) is 8.62. The lowest BCUT2D eigenvalue weighted by atomic mass is 10.2. The second-order valence-electron chi connectivity index (χ2n) is 5.37. The first kappa shape index (κ1) is 18.9. The number of ether oxygens (including phenoxy) is 2. The van der Waals surface area contributed by atoms with Crippen molar-refractivity contribution in [1.82, 2.24) is 9.78 Å². The SMILES string of the molecule is CCCOc1cc(CNc2c(Cl)c(=O)n(CC)[nH]c2=O)ccc1OC. The van der Waals surface area contributed by atoms with Gasteiger partial charge in [-0.25, -0.2) is 4.68 Å². The van der Waals surface area contributed by atoms with Crippen molar-refractivity contribution in [2.45, 2.75) is 33.4 Å². The summed E-state index contributed by atoms with van der Waals surface area (Å²) in [5, 5.41) is 5.29. The van der Waals surface area contributed by atoms with Crippen LogP contribution in [0.3, 0.4) is 0 Å². The van der Waals surface area contributed by atoms with Crippen LogP contribution in [0.25, 0.3) is 0 Å². The zero-order valence-corrected chi connectivity index (χ0v) is 15.3. The lowest BCUT2D eigenvalue weighted by molar-refractivity contribution is 0.294. The molecule has 0 radical (unpaired) electrons. The van der Waals surface area contributed by atoms with E-state index >= 15 is 0 Å². The van der Waals surface area contributed by atoms with Gasteiger partial charge in [0.1, 0.15) is 10.7 Å². The molecule has 0 bridgehead atoms. The number of nitrogens with one attached hydrogen (secondary N) is 2. The summed E-state index contributed by atoms with van der Waals surface area (Å²) in [4.78, 5) is 24.1. The average Bonchev–Trinajstić information content (AvgIpc) is 2.62. The number of hydrogen-bond donors (Lipinski definition) is 2. The molecule has 25 heavy (non-hydrogen) atoms. The Labute approximate surface area is 150 Å². The van der Waals surface area contributed by atoms with Gasteiger partial charge in [0.25, 0.3) is 11.1 Å². The predicted molar refractivity (Wildman–Crippen MR) is 98.1 cm³/mol. The molecule has 0 saturated carbocycles. The number of nitrogens with zero attached hydrogens (tertiary/aromatic N) is 1. The third-order valence-electron chi connectivity index (χ3n) is 3.59. The molecule has 0 atom stereocenters. The van der Waals surface area contributed by atoms with Crippen LogP contribution in [0.4, 0.5) is 5.69 Å². The van der Waals surface area contributed by atoms with Gasteiger partial charge >= 0.3 is 0 Å². The van der Waals surface area contributed by atoms with Gasteiger partial charge in [-0.15, -0.1) is 0 Å². The summed E-state index contributed by atoms with van der Waals surface area (Å²) >= 11 is 6.04. The van der Waals surface area contributed by atoms with E-state index in [1.165, 1.54) is 4.68 Å². The van der Waals surface area contributed by atoms with Crippen molar-refractivity contribution < 1.29 is 9.47 Å². The number of anilines is 1. The minimum Gasteiger partial charge on any atom is -0.493 e. The van der Waals surface area contributed by atoms with E-state index in [4.69, 9.17) is 21.1 Å². The quantitative estimate of drug-likeness (QED) is 0.749. The highest BCUT2D eigenvalue weighted by Crippen LogP contribution is 2.28. The number of aromatic nitrogens is 2. The molecule has 0 fully saturated rings. The van der Waals surface area contributed by atoms with Gasteiger partial charge < -0.3 is 14.8 Å². The van der Waals surface area contributed by atoms with Gasteiger partial charge in [0.15, 0.2) is 11.5 Å². The summed E-state index contributed by atoms with van der Waals surface area (Å²) in [6.45, 7) is 4.99. The van der Waals surface area contributed by atoms with Crippen molar-refractivity contribution in [2.75, 3.05) is 19.0 Å². The molecular weight excluding hydrogens is 346 g/mol. The zero-order valence-electron chi connectivity index (χ0n) is 14.5. The summed E-state index contributed by atoms with van der Waals surface area (Å²) in [5.41, 5.74) is 0.0423. The number of benzene rings is 1. The topological polar surface area (TPSA) is 85.4 Å². The van der Waals surface area contributed by atoms with E-state index in [1.54, 1.807) is 20.1 Å². The van der Waals surface area contributed by atoms with Gasteiger partial charge in [0.2, 0.25) is 0 Å². The van der Waals surface area contributed by atoms with Crippen LogP contribution in [0.5, 0.6) is 11.5 Å². The van der Waals surface area contributed by atoms with Crippen LogP contribution in [0.2, 0.25) is 5.02 Å². The summed E-state index contributed by atoms with van der Waals surface area (Å²) in [6, 6.07) is 5.47. The van der Waals surface area contributed by atoms with E-state index < -0.39 is 11.1 Å². The molecule has 0 aliphatic rings. The molecular formula is C17H22ClN3O4. The van der Waals surface area contributed by atoms with E-state index in [2.05, 4.69) is 10.4 Å². The highest BCUT2D eigenvalue weighted by atomic mass is 35.5. The first-order chi connectivity index (χ1) is 12.0. The molecule has 1 heterocycles. The Bertz CT molecular complexity index is 845. The van der Waals surface area contributed by atoms with Crippen LogP contribution in [-0.2, 0) is 13.1 Å². The molecule has 2 aromatic rings. The van der Waals surface area contributed by atoms with Gasteiger partial charge in [-0.05, 0) is 31.0 Å². The molecule has 0 aliphatic heterocycles. The highest BCUT2D eigenvalue weighted by Gasteiger charge is 2.13. The van der Waals surface area contributed by atoms with Crippen molar-refractivity contribution in [3.8, 4) is 11.5 Å². The Hall–Kier alpha value is -2.41. The smallest absolute Gasteiger partial charge is 0.287 e. The number of methoxy groups -OCH3 is 1. The molecule has 1 aromatic heterocycles. The van der Waals surface area contributed by atoms with E-state index in [-0.39, 0.29) is 10.7 Å². The standard InChI is InChI=1S/C17H22ClN3O4/c1-4-8-25-13-9-11(6-7-12(13)24-3)10-19-15-14(18)17(23)21(5-2)20-16(15)22/h6-7,9,19H,4-5,8,10H2,1-3H3,(H,20,22). The van der Waals surface area contributed by atoms with Crippen molar-refractivity contribution in [3.63, 3.8) is 0 Å². The molecule has 0 spiro atoms. The number of H-pyrrole nitrogens is 1. The fourth-order valence-corrected chi connectivity index (χ4v) is 2.54. The molecule has 2 rings (SSSR count). The van der Waals surface area contributed by atoms with Crippen molar-refractivity contribution in [3.05, 3.63) is 49.5 Å². The monoisotopic (exact) mass is 367 g/mol. The minimum atomic E-state index is -0.442. The Balaban J connectivity index is 2.23. The lowest BCUT2D eigenvalue weighted by Gasteiger charge is -2.13. The third kappa shape index (κ3) is 4.36. The van der Waals surface area contributed by atoms with Gasteiger partial charge in [-0.2, -0.15) is 0 Å². The minimum absolute atomic E-state index is 0.0585. The Morgan fingerprint density at radius 1 is 1.24 bits per heavy atom. The summed E-state index contributed by atoms with van der Waals surface area (Å²) in [5.74, 6) is 1.27. The Morgan fingerprint density at radius 3 is 2.64 bits per heavy atom. The van der Waals surface area contributed by atoms with Crippen LogP contribution in [0.15, 0.2) is 27.8 Å². The summed E-state index contributed by atoms with van der Waals surface area (Å²) < 4.78 is 12.1. The molecule has 0 aliphatic carbocycles. The van der Waals surface area contributed by atoms with E-state index in [1.807, 2.05) is 19.1 Å². The molecule has 0 saturated heterocycles. The normalized spacial score (nSPS) is 10.6. The van der Waals surface area contributed by atoms with Crippen LogP contribution in [0.1, 0.15) is 25.8 Å². The molecule has 0 unspecified atom stereocenters. The number of halogens is 1. The molecule has 0 amide bonds. The average molecular weight is 368 g/mol. The molecule has 7 nitrogen and oxygen atoms in total. The van der Waals surface area contributed by atoms with Gasteiger partial charge in [0.05, 0.1) is 13.7 Å². The van der Waals surface area contributed by atoms with Gasteiger partial charge in [-0.3, -0.25) is 14.7 Å². The van der Waals surface area contributed by atoms with Gasteiger partial charge in [0, 0.05) is 13.1 Å². The van der Waals surface area contributed by atoms with Crippen LogP contribution < -0.4 is 25.9 Å². The Kier molecular flexibility index (Phi) is 6.52. The fraction of sp³-hybridized carbons (Fsp3) is 0.412. The number of aryl methyl sites for hydroxylation is 1. The molecule has 2 N–H and O–H groups in total. The lowest BCUT2D eigenvalue weighted by Crippen LogP contribution is -2.31. The Morgan fingerprint density at radius 2 is 2.00 bits per heavy atom. The second-order valence-corrected chi connectivity index (χ2v) is 5.74. The van der Waals surface area contributed by atoms with Crippen molar-refractivity contribution in [2.24, 2.45) is 0 Å². The largest absolute Gasteiger partial charge is 0.493 e. The molecule has 136 valence electrons. The predicted octanol–water partition coefficient (Wildman–Crippen LogP) is 2.62.